The van der Waals surface area contributed by atoms with Crippen LogP contribution in [0.3, 0.4) is 0 Å². The normalized spacial score (nSPS) is 23.1. The maximum Gasteiger partial charge on any atom is 0.253 e. The molecular weight excluding hydrogens is 316 g/mol. The number of amides is 2. The summed E-state index contributed by atoms with van der Waals surface area (Å²) in [6.07, 6.45) is 6.39. The van der Waals surface area contributed by atoms with E-state index in [0.717, 1.165) is 69.5 Å². The van der Waals surface area contributed by atoms with Crippen molar-refractivity contribution < 1.29 is 14.3 Å². The van der Waals surface area contributed by atoms with Gasteiger partial charge in [0.05, 0.1) is 6.04 Å². The van der Waals surface area contributed by atoms with Crippen molar-refractivity contribution in [1.29, 1.82) is 0 Å². The monoisotopic (exact) mass is 342 g/mol. The molecule has 1 saturated carbocycles. The Hall–Kier alpha value is -2.04. The SMILES string of the molecule is O=C(c1ccc(OC[C@@H]2CCCN2C(=O)C2CC2)cc1)N1CCCC1. The number of hydrogen-bond donors (Lipinski definition) is 0. The highest BCUT2D eigenvalue weighted by Crippen LogP contribution is 2.33. The quantitative estimate of drug-likeness (QED) is 0.827. The van der Waals surface area contributed by atoms with Gasteiger partial charge in [-0.3, -0.25) is 9.59 Å². The van der Waals surface area contributed by atoms with E-state index in [1.54, 1.807) is 0 Å². The van der Waals surface area contributed by atoms with E-state index >= 15 is 0 Å². The van der Waals surface area contributed by atoms with Gasteiger partial charge in [-0.25, -0.2) is 0 Å². The Bertz CT molecular complexity index is 633. The molecule has 0 N–H and O–H groups in total. The van der Waals surface area contributed by atoms with Gasteiger partial charge in [0.15, 0.2) is 0 Å². The van der Waals surface area contributed by atoms with Crippen molar-refractivity contribution in [1.82, 2.24) is 9.80 Å². The first-order valence-corrected chi connectivity index (χ1v) is 9.55. The van der Waals surface area contributed by atoms with Crippen LogP contribution in [0.4, 0.5) is 0 Å². The molecule has 1 aliphatic carbocycles. The highest BCUT2D eigenvalue weighted by molar-refractivity contribution is 5.94. The van der Waals surface area contributed by atoms with Gasteiger partial charge < -0.3 is 14.5 Å². The van der Waals surface area contributed by atoms with Gasteiger partial charge in [0, 0.05) is 31.1 Å². The first-order chi connectivity index (χ1) is 12.2. The molecule has 3 fully saturated rings. The van der Waals surface area contributed by atoms with Crippen molar-refractivity contribution in [2.75, 3.05) is 26.2 Å². The zero-order valence-corrected chi connectivity index (χ0v) is 14.7. The highest BCUT2D eigenvalue weighted by atomic mass is 16.5. The first kappa shape index (κ1) is 16.4. The van der Waals surface area contributed by atoms with Gasteiger partial charge in [0.1, 0.15) is 12.4 Å². The van der Waals surface area contributed by atoms with Gasteiger partial charge in [0.25, 0.3) is 5.91 Å². The maximum absolute atomic E-state index is 12.4. The van der Waals surface area contributed by atoms with Crippen LogP contribution in [-0.4, -0.2) is 53.9 Å². The molecule has 2 amide bonds. The van der Waals surface area contributed by atoms with Crippen LogP contribution in [0.15, 0.2) is 24.3 Å². The Kier molecular flexibility index (Phi) is 4.64. The second kappa shape index (κ2) is 7.06. The van der Waals surface area contributed by atoms with Crippen LogP contribution < -0.4 is 4.74 Å². The Balaban J connectivity index is 1.32. The molecule has 0 bridgehead atoms. The van der Waals surface area contributed by atoms with Crippen molar-refractivity contribution in [3.05, 3.63) is 29.8 Å². The largest absolute Gasteiger partial charge is 0.491 e. The summed E-state index contributed by atoms with van der Waals surface area (Å²) in [6.45, 7) is 3.14. The Morgan fingerprint density at radius 2 is 1.68 bits per heavy atom. The van der Waals surface area contributed by atoms with Crippen LogP contribution in [0.5, 0.6) is 5.75 Å². The van der Waals surface area contributed by atoms with E-state index in [4.69, 9.17) is 4.74 Å². The average Bonchev–Trinajstić information content (AvgIpc) is 3.15. The van der Waals surface area contributed by atoms with Crippen LogP contribution in [-0.2, 0) is 4.79 Å². The lowest BCUT2D eigenvalue weighted by Gasteiger charge is -2.25. The fourth-order valence-corrected chi connectivity index (χ4v) is 3.85. The van der Waals surface area contributed by atoms with Gasteiger partial charge >= 0.3 is 0 Å². The van der Waals surface area contributed by atoms with Crippen molar-refractivity contribution in [2.24, 2.45) is 5.92 Å². The van der Waals surface area contributed by atoms with E-state index in [-0.39, 0.29) is 17.9 Å². The van der Waals surface area contributed by atoms with Crippen LogP contribution in [0.25, 0.3) is 0 Å². The third kappa shape index (κ3) is 3.65. The van der Waals surface area contributed by atoms with Crippen molar-refractivity contribution in [3.63, 3.8) is 0 Å². The molecule has 134 valence electrons. The minimum atomic E-state index is 0.112. The maximum atomic E-state index is 12.4. The predicted octanol–water partition coefficient (Wildman–Crippen LogP) is 2.70. The second-order valence-electron chi connectivity index (χ2n) is 7.44. The lowest BCUT2D eigenvalue weighted by atomic mass is 10.2. The van der Waals surface area contributed by atoms with Crippen molar-refractivity contribution in [3.8, 4) is 5.75 Å². The molecule has 2 saturated heterocycles. The van der Waals surface area contributed by atoms with Gasteiger partial charge in [-0.05, 0) is 62.8 Å². The van der Waals surface area contributed by atoms with E-state index in [0.29, 0.717) is 12.5 Å². The summed E-state index contributed by atoms with van der Waals surface area (Å²) in [4.78, 5) is 28.6. The van der Waals surface area contributed by atoms with Crippen molar-refractivity contribution in [2.45, 2.75) is 44.6 Å². The number of carbonyl (C=O) groups is 2. The molecule has 5 heteroatoms. The molecule has 1 aromatic rings. The van der Waals surface area contributed by atoms with Gasteiger partial charge in [-0.15, -0.1) is 0 Å². The van der Waals surface area contributed by atoms with Gasteiger partial charge in [0.2, 0.25) is 5.91 Å². The van der Waals surface area contributed by atoms with Crippen LogP contribution in [0.1, 0.15) is 48.9 Å². The average molecular weight is 342 g/mol. The third-order valence-electron chi connectivity index (χ3n) is 5.52. The molecule has 2 aliphatic heterocycles. The molecule has 0 aromatic heterocycles. The standard InChI is InChI=1S/C20H26N2O3/c23-19(21-11-1-2-12-21)15-7-9-18(10-8-15)25-14-17-4-3-13-22(17)20(24)16-5-6-16/h7-10,16-17H,1-6,11-14H2/t17-/m0/s1. The highest BCUT2D eigenvalue weighted by Gasteiger charge is 2.38. The molecule has 1 atom stereocenters. The summed E-state index contributed by atoms with van der Waals surface area (Å²) < 4.78 is 5.91. The summed E-state index contributed by atoms with van der Waals surface area (Å²) in [6, 6.07) is 7.62. The summed E-state index contributed by atoms with van der Waals surface area (Å²) in [5.41, 5.74) is 0.723. The second-order valence-corrected chi connectivity index (χ2v) is 7.44. The number of rotatable bonds is 5. The summed E-state index contributed by atoms with van der Waals surface area (Å²) in [5, 5.41) is 0. The van der Waals surface area contributed by atoms with Crippen molar-refractivity contribution >= 4 is 11.8 Å². The molecule has 0 radical (unpaired) electrons. The number of hydrogen-bond acceptors (Lipinski definition) is 3. The third-order valence-corrected chi connectivity index (χ3v) is 5.52. The minimum absolute atomic E-state index is 0.112. The Labute approximate surface area is 148 Å². The van der Waals surface area contributed by atoms with E-state index in [1.165, 1.54) is 0 Å². The molecule has 5 nitrogen and oxygen atoms in total. The lowest BCUT2D eigenvalue weighted by molar-refractivity contribution is -0.133. The molecule has 25 heavy (non-hydrogen) atoms. The van der Waals surface area contributed by atoms with E-state index in [2.05, 4.69) is 0 Å². The van der Waals surface area contributed by atoms with Crippen LogP contribution in [0.2, 0.25) is 0 Å². The van der Waals surface area contributed by atoms with E-state index in [1.807, 2.05) is 34.1 Å². The molecule has 3 aliphatic rings. The minimum Gasteiger partial charge on any atom is -0.491 e. The molecular formula is C20H26N2O3. The number of nitrogens with zero attached hydrogens (tertiary/aromatic N) is 2. The number of carbonyl (C=O) groups excluding carboxylic acids is 2. The first-order valence-electron chi connectivity index (χ1n) is 9.55. The fraction of sp³-hybridized carbons (Fsp3) is 0.600. The smallest absolute Gasteiger partial charge is 0.253 e. The molecule has 0 unspecified atom stereocenters. The van der Waals surface area contributed by atoms with Gasteiger partial charge in [-0.1, -0.05) is 0 Å². The summed E-state index contributed by atoms with van der Waals surface area (Å²) in [7, 11) is 0. The fourth-order valence-electron chi connectivity index (χ4n) is 3.85. The number of ether oxygens (including phenoxy) is 1. The predicted molar refractivity (Wildman–Crippen MR) is 94.5 cm³/mol. The van der Waals surface area contributed by atoms with Crippen LogP contribution in [0, 0.1) is 5.92 Å². The lowest BCUT2D eigenvalue weighted by Crippen LogP contribution is -2.39. The Morgan fingerprint density at radius 1 is 0.960 bits per heavy atom. The Morgan fingerprint density at radius 3 is 2.36 bits per heavy atom. The van der Waals surface area contributed by atoms with Crippen LogP contribution >= 0.6 is 0 Å². The zero-order chi connectivity index (χ0) is 17.2. The summed E-state index contributed by atoms with van der Waals surface area (Å²) in [5.74, 6) is 1.47. The zero-order valence-electron chi connectivity index (χ0n) is 14.7. The molecule has 4 rings (SSSR count). The number of likely N-dealkylation sites (tertiary alicyclic amines) is 2. The van der Waals surface area contributed by atoms with Gasteiger partial charge in [-0.2, -0.15) is 0 Å². The summed E-state index contributed by atoms with van der Waals surface area (Å²) >= 11 is 0. The van der Waals surface area contributed by atoms with E-state index < -0.39 is 0 Å². The van der Waals surface area contributed by atoms with E-state index in [9.17, 15) is 9.59 Å². The topological polar surface area (TPSA) is 49.9 Å². The number of benzene rings is 1. The molecule has 1 aromatic carbocycles. The molecule has 2 heterocycles. The molecule has 0 spiro atoms.